The van der Waals surface area contributed by atoms with E-state index in [-0.39, 0.29) is 30.1 Å². The third-order valence-electron chi connectivity index (χ3n) is 5.40. The van der Waals surface area contributed by atoms with Gasteiger partial charge < -0.3 is 14.0 Å². The van der Waals surface area contributed by atoms with E-state index in [0.717, 1.165) is 16.7 Å². The van der Waals surface area contributed by atoms with Gasteiger partial charge in [0.2, 0.25) is 0 Å². The van der Waals surface area contributed by atoms with Crippen molar-refractivity contribution >= 4 is 16.9 Å². The van der Waals surface area contributed by atoms with Gasteiger partial charge in [0.05, 0.1) is 24.8 Å². The number of fused-ring (bicyclic) bond motifs is 2. The van der Waals surface area contributed by atoms with Gasteiger partial charge in [-0.1, -0.05) is 0 Å². The van der Waals surface area contributed by atoms with E-state index in [1.54, 1.807) is 13.4 Å². The Morgan fingerprint density at radius 2 is 2.08 bits per heavy atom. The third kappa shape index (κ3) is 2.60. The average Bonchev–Trinajstić information content (AvgIpc) is 3.24. The van der Waals surface area contributed by atoms with Gasteiger partial charge in [0.15, 0.2) is 5.79 Å². The first-order chi connectivity index (χ1) is 12.3. The molecule has 0 N–H and O–H groups in total. The maximum Gasteiger partial charge on any atom is 0.251 e. The minimum Gasteiger partial charge on any atom is -0.344 e. The van der Waals surface area contributed by atoms with E-state index in [4.69, 9.17) is 14.3 Å². The van der Waals surface area contributed by atoms with Crippen LogP contribution >= 0.6 is 0 Å². The molecule has 8 heteroatoms. The molecule has 2 fully saturated rings. The molecule has 0 radical (unpaired) electrons. The van der Waals surface area contributed by atoms with Gasteiger partial charge in [-0.25, -0.2) is 15.0 Å². The molecule has 4 atom stereocenters. The highest BCUT2D eigenvalue weighted by molar-refractivity contribution is 5.80. The molecule has 3 heterocycles. The molecule has 1 amide bonds. The first-order valence-corrected chi connectivity index (χ1v) is 8.78. The fourth-order valence-electron chi connectivity index (χ4n) is 4.16. The van der Waals surface area contributed by atoms with E-state index in [9.17, 15) is 4.79 Å². The predicted molar refractivity (Wildman–Crippen MR) is 93.0 cm³/mol. The van der Waals surface area contributed by atoms with Crippen molar-refractivity contribution < 1.29 is 19.1 Å². The highest BCUT2D eigenvalue weighted by atomic mass is 16.8. The lowest BCUT2D eigenvalue weighted by Gasteiger charge is -2.25. The fraction of sp³-hybridized carbons (Fsp3) is 0.611. The molecule has 1 aliphatic carbocycles. The first-order valence-electron chi connectivity index (χ1n) is 8.78. The predicted octanol–water partition coefficient (Wildman–Crippen LogP) is 1.84. The van der Waals surface area contributed by atoms with Crippen molar-refractivity contribution in [3.05, 3.63) is 24.3 Å². The quantitative estimate of drug-likeness (QED) is 0.777. The number of aryl methyl sites for hydroxylation is 1. The van der Waals surface area contributed by atoms with Crippen molar-refractivity contribution in [2.24, 2.45) is 5.92 Å². The van der Waals surface area contributed by atoms with Crippen LogP contribution in [0, 0.1) is 12.8 Å². The van der Waals surface area contributed by atoms with Crippen LogP contribution in [0.15, 0.2) is 18.6 Å². The van der Waals surface area contributed by atoms with Crippen molar-refractivity contribution in [1.29, 1.82) is 0 Å². The Morgan fingerprint density at radius 1 is 1.35 bits per heavy atom. The van der Waals surface area contributed by atoms with E-state index < -0.39 is 5.79 Å². The first kappa shape index (κ1) is 17.4. The van der Waals surface area contributed by atoms with E-state index in [0.29, 0.717) is 6.42 Å². The maximum absolute atomic E-state index is 12.8. The number of carbonyl (C=O) groups is 1. The Bertz CT molecular complexity index is 849. The number of aromatic nitrogens is 3. The second kappa shape index (κ2) is 6.00. The zero-order valence-corrected chi connectivity index (χ0v) is 15.7. The van der Waals surface area contributed by atoms with Crippen LogP contribution in [-0.4, -0.2) is 57.7 Å². The van der Waals surface area contributed by atoms with Gasteiger partial charge in [0, 0.05) is 18.6 Å². The molecule has 0 spiro atoms. The molecule has 1 aliphatic heterocycles. The molecule has 0 bridgehead atoms. The summed E-state index contributed by atoms with van der Waals surface area (Å²) in [6.45, 7) is 5.72. The van der Waals surface area contributed by atoms with Crippen LogP contribution < -0.4 is 0 Å². The van der Waals surface area contributed by atoms with Crippen molar-refractivity contribution in [2.45, 2.75) is 51.2 Å². The summed E-state index contributed by atoms with van der Waals surface area (Å²) < 4.78 is 14.4. The van der Waals surface area contributed by atoms with Gasteiger partial charge in [0.25, 0.3) is 5.91 Å². The molecule has 140 valence electrons. The van der Waals surface area contributed by atoms with Crippen molar-refractivity contribution in [2.75, 3.05) is 14.2 Å². The Morgan fingerprint density at radius 3 is 2.81 bits per heavy atom. The summed E-state index contributed by atoms with van der Waals surface area (Å²) in [4.78, 5) is 26.6. The largest absolute Gasteiger partial charge is 0.344 e. The Labute approximate surface area is 152 Å². The smallest absolute Gasteiger partial charge is 0.251 e. The average molecular weight is 360 g/mol. The zero-order chi connectivity index (χ0) is 18.6. The van der Waals surface area contributed by atoms with Crippen LogP contribution in [0.5, 0.6) is 0 Å². The summed E-state index contributed by atoms with van der Waals surface area (Å²) in [6, 6.07) is 1.96. The topological polar surface area (TPSA) is 78.7 Å². The van der Waals surface area contributed by atoms with Crippen molar-refractivity contribution in [1.82, 2.24) is 19.6 Å². The summed E-state index contributed by atoms with van der Waals surface area (Å²) in [5.41, 5.74) is 1.78. The lowest BCUT2D eigenvalue weighted by atomic mass is 10.0. The van der Waals surface area contributed by atoms with Crippen LogP contribution in [0.25, 0.3) is 11.0 Å². The van der Waals surface area contributed by atoms with Crippen LogP contribution in [0.4, 0.5) is 0 Å². The molecular formula is C18H24N4O4. The molecular weight excluding hydrogens is 336 g/mol. The Balaban J connectivity index is 1.74. The number of hydroxylamine groups is 2. The summed E-state index contributed by atoms with van der Waals surface area (Å²) in [5, 5.41) is 2.27. The molecule has 1 saturated heterocycles. The normalized spacial score (nSPS) is 29.9. The number of hydrogen-bond donors (Lipinski definition) is 0. The van der Waals surface area contributed by atoms with E-state index in [2.05, 4.69) is 14.5 Å². The molecule has 8 nitrogen and oxygen atoms in total. The number of carbonyl (C=O) groups excluding carboxylic acids is 1. The third-order valence-corrected chi connectivity index (χ3v) is 5.40. The number of nitrogens with zero attached hydrogens (tertiary/aromatic N) is 4. The lowest BCUT2D eigenvalue weighted by molar-refractivity contribution is -0.184. The van der Waals surface area contributed by atoms with E-state index in [1.165, 1.54) is 12.2 Å². The van der Waals surface area contributed by atoms with Gasteiger partial charge >= 0.3 is 0 Å². The van der Waals surface area contributed by atoms with Gasteiger partial charge in [-0.15, -0.1) is 0 Å². The summed E-state index contributed by atoms with van der Waals surface area (Å²) in [5.74, 6) is -1.17. The maximum atomic E-state index is 12.8. The summed E-state index contributed by atoms with van der Waals surface area (Å²) in [7, 11) is 3.10. The van der Waals surface area contributed by atoms with E-state index >= 15 is 0 Å². The highest BCUT2D eigenvalue weighted by Crippen LogP contribution is 2.48. The zero-order valence-electron chi connectivity index (χ0n) is 15.7. The molecule has 4 unspecified atom stereocenters. The molecule has 2 aliphatic rings. The van der Waals surface area contributed by atoms with Gasteiger partial charge in [0.1, 0.15) is 24.2 Å². The summed E-state index contributed by atoms with van der Waals surface area (Å²) in [6.07, 6.45) is 3.62. The standard InChI is InChI=1S/C18H24N4O4/c1-10-11-6-7-22(16(11)20-9-19-10)13-8-12(17(23)21(4)24-5)14-15(13)26-18(2,3)25-14/h6-7,9,12-15H,8H2,1-5H3. The monoisotopic (exact) mass is 360 g/mol. The molecule has 0 aromatic carbocycles. The lowest BCUT2D eigenvalue weighted by Crippen LogP contribution is -2.38. The Kier molecular flexibility index (Phi) is 4.02. The van der Waals surface area contributed by atoms with Gasteiger partial charge in [-0.2, -0.15) is 0 Å². The second-order valence-corrected chi connectivity index (χ2v) is 7.41. The SMILES string of the molecule is CON(C)C(=O)C1CC(n2ccc3c(C)ncnc32)C2OC(C)(C)OC12. The number of amides is 1. The van der Waals surface area contributed by atoms with Gasteiger partial charge in [-0.05, 0) is 33.3 Å². The molecule has 2 aromatic heterocycles. The fourth-order valence-corrected chi connectivity index (χ4v) is 4.16. The number of rotatable bonds is 3. The molecule has 4 rings (SSSR count). The summed E-state index contributed by atoms with van der Waals surface area (Å²) >= 11 is 0. The minimum absolute atomic E-state index is 0.0484. The van der Waals surface area contributed by atoms with E-state index in [1.807, 2.05) is 33.0 Å². The van der Waals surface area contributed by atoms with Crippen molar-refractivity contribution in [3.63, 3.8) is 0 Å². The highest BCUT2D eigenvalue weighted by Gasteiger charge is 2.57. The van der Waals surface area contributed by atoms with Crippen LogP contribution in [-0.2, 0) is 19.1 Å². The number of ether oxygens (including phenoxy) is 2. The van der Waals surface area contributed by atoms with Crippen molar-refractivity contribution in [3.8, 4) is 0 Å². The minimum atomic E-state index is -0.730. The van der Waals surface area contributed by atoms with Crippen LogP contribution in [0.3, 0.4) is 0 Å². The van der Waals surface area contributed by atoms with Crippen LogP contribution in [0.1, 0.15) is 32.0 Å². The van der Waals surface area contributed by atoms with Crippen LogP contribution in [0.2, 0.25) is 0 Å². The molecule has 26 heavy (non-hydrogen) atoms. The number of hydrogen-bond acceptors (Lipinski definition) is 6. The molecule has 2 aromatic rings. The molecule has 1 saturated carbocycles. The van der Waals surface area contributed by atoms with Gasteiger partial charge in [-0.3, -0.25) is 9.63 Å². The second-order valence-electron chi connectivity index (χ2n) is 7.41. The Hall–Kier alpha value is -2.03.